The fourth-order valence-electron chi connectivity index (χ4n) is 0.338. The first kappa shape index (κ1) is 5.85. The summed E-state index contributed by atoms with van der Waals surface area (Å²) in [6.07, 6.45) is 1.77. The SMILES string of the molecule is [Xe]c1ccccn1. The first-order valence-electron chi connectivity index (χ1n) is 1.95. The van der Waals surface area contributed by atoms with Crippen LogP contribution in [0.15, 0.2) is 24.4 Å². The van der Waals surface area contributed by atoms with E-state index in [1.807, 2.05) is 18.2 Å². The van der Waals surface area contributed by atoms with Gasteiger partial charge in [0.15, 0.2) is 0 Å². The molecule has 1 radical (unpaired) electrons. The minimum atomic E-state index is 1.00. The van der Waals surface area contributed by atoms with Gasteiger partial charge >= 0.3 is 76.1 Å². The maximum atomic E-state index is 3.95. The normalized spacial score (nSPS) is 8.71. The van der Waals surface area contributed by atoms with Gasteiger partial charge in [0, 0.05) is 0 Å². The molecule has 0 atom stereocenters. The Kier molecular flexibility index (Phi) is 2.42. The fraction of sp³-hybridized carbons (Fsp3) is 0. The quantitative estimate of drug-likeness (QED) is 0.597. The molecule has 2 heteroatoms. The molecule has 0 amide bonds. The van der Waals surface area contributed by atoms with E-state index in [1.54, 1.807) is 6.20 Å². The van der Waals surface area contributed by atoms with Crippen molar-refractivity contribution in [2.24, 2.45) is 0 Å². The van der Waals surface area contributed by atoms with Crippen LogP contribution in [0.5, 0.6) is 0 Å². The first-order valence-corrected chi connectivity index (χ1v) is 2.96. The Hall–Kier alpha value is 0.721. The maximum absolute atomic E-state index is 3.95. The summed E-state index contributed by atoms with van der Waals surface area (Å²) in [4.78, 5) is 3.95. The molecule has 0 aromatic carbocycles. The van der Waals surface area contributed by atoms with Gasteiger partial charge in [-0.2, -0.15) is 0 Å². The van der Waals surface area contributed by atoms with E-state index in [0.29, 0.717) is 0 Å². The van der Waals surface area contributed by atoms with Crippen molar-refractivity contribution in [3.05, 3.63) is 24.4 Å². The molecule has 0 aliphatic rings. The Morgan fingerprint density at radius 2 is 2.29 bits per heavy atom. The molecule has 0 aliphatic heterocycles. The summed E-state index contributed by atoms with van der Waals surface area (Å²) in [6, 6.07) is 5.80. The topological polar surface area (TPSA) is 12.9 Å². The second kappa shape index (κ2) is 2.89. The monoisotopic (exact) mass is 210 g/mol. The van der Waals surface area contributed by atoms with Gasteiger partial charge in [0.1, 0.15) is 0 Å². The molecule has 0 saturated heterocycles. The molecule has 0 N–H and O–H groups in total. The summed E-state index contributed by atoms with van der Waals surface area (Å²) in [6.45, 7) is 0. The van der Waals surface area contributed by atoms with Crippen LogP contribution < -0.4 is 0.162 Å². The minimum absolute atomic E-state index is 1.00. The van der Waals surface area contributed by atoms with Crippen molar-refractivity contribution in [2.75, 3.05) is 0 Å². The van der Waals surface area contributed by atoms with Crippen molar-refractivity contribution in [3.63, 3.8) is 0 Å². The van der Waals surface area contributed by atoms with Gasteiger partial charge in [-0.05, 0) is 0 Å². The van der Waals surface area contributed by atoms with Crippen LogP contribution >= 0.6 is 0 Å². The molecule has 0 aliphatic carbocycles. The van der Waals surface area contributed by atoms with E-state index in [0.717, 1.165) is 0.162 Å². The van der Waals surface area contributed by atoms with Gasteiger partial charge in [-0.25, -0.2) is 0 Å². The molecule has 1 rings (SSSR count). The Morgan fingerprint density at radius 1 is 1.43 bits per heavy atom. The van der Waals surface area contributed by atoms with E-state index < -0.39 is 0 Å². The van der Waals surface area contributed by atoms with Gasteiger partial charge in [-0.15, -0.1) is 0 Å². The van der Waals surface area contributed by atoms with Crippen molar-refractivity contribution in [2.45, 2.75) is 0 Å². The van der Waals surface area contributed by atoms with E-state index in [9.17, 15) is 0 Å². The third-order valence-corrected chi connectivity index (χ3v) is 1.22. The van der Waals surface area contributed by atoms with Crippen LogP contribution in [0.4, 0.5) is 0 Å². The molecular formula is C5H4NXe. The number of pyridine rings is 1. The number of hydrogen-bond donors (Lipinski definition) is 0. The zero-order valence-electron chi connectivity index (χ0n) is 3.61. The Balaban J connectivity index is 3.02. The molecule has 1 aromatic rings. The van der Waals surface area contributed by atoms with Gasteiger partial charge < -0.3 is 0 Å². The van der Waals surface area contributed by atoms with E-state index >= 15 is 0 Å². The third kappa shape index (κ3) is 1.97. The van der Waals surface area contributed by atoms with Crippen LogP contribution in [0, 0.1) is 46.5 Å². The van der Waals surface area contributed by atoms with Crippen LogP contribution in [0.3, 0.4) is 0 Å². The number of nitrogens with zero attached hydrogens (tertiary/aromatic N) is 1. The molecule has 1 heterocycles. The summed E-state index contributed by atoms with van der Waals surface area (Å²) >= 11 is 2.43. The third-order valence-electron chi connectivity index (χ3n) is 0.622. The summed E-state index contributed by atoms with van der Waals surface area (Å²) in [5, 5.41) is 0. The predicted octanol–water partition coefficient (Wildman–Crippen LogP) is 0.256. The van der Waals surface area contributed by atoms with Crippen molar-refractivity contribution < 1.29 is 46.5 Å². The van der Waals surface area contributed by atoms with Crippen LogP contribution in [0.25, 0.3) is 0 Å². The number of aromatic nitrogens is 1. The molecule has 0 spiro atoms. The van der Waals surface area contributed by atoms with Gasteiger partial charge in [-0.1, -0.05) is 0 Å². The Morgan fingerprint density at radius 3 is 2.57 bits per heavy atom. The summed E-state index contributed by atoms with van der Waals surface area (Å²) in [7, 11) is 0. The molecule has 37 valence electrons. The zero-order chi connectivity index (χ0) is 5.11. The van der Waals surface area contributed by atoms with Crippen molar-refractivity contribution >= 4 is 0.162 Å². The van der Waals surface area contributed by atoms with Gasteiger partial charge in [-0.3, -0.25) is 0 Å². The number of hydrogen-bond acceptors (Lipinski definition) is 1. The van der Waals surface area contributed by atoms with Crippen molar-refractivity contribution in [3.8, 4) is 0 Å². The average molecular weight is 209 g/mol. The van der Waals surface area contributed by atoms with Crippen LogP contribution in [-0.2, 0) is 0 Å². The second-order valence-electron chi connectivity index (χ2n) is 1.14. The molecule has 0 bridgehead atoms. The van der Waals surface area contributed by atoms with E-state index in [4.69, 9.17) is 0 Å². The molecule has 1 nitrogen and oxygen atoms in total. The summed E-state index contributed by atoms with van der Waals surface area (Å²) in [5.74, 6) is 0. The Bertz CT molecular complexity index is 138. The fourth-order valence-corrected chi connectivity index (χ4v) is 0.682. The van der Waals surface area contributed by atoms with Gasteiger partial charge in [0.25, 0.3) is 0 Å². The van der Waals surface area contributed by atoms with Gasteiger partial charge in [0.2, 0.25) is 0 Å². The van der Waals surface area contributed by atoms with E-state index in [1.165, 1.54) is 0 Å². The molecule has 0 saturated carbocycles. The molecule has 1 aromatic heterocycles. The molecule has 0 fully saturated rings. The standard InChI is InChI=1S/C5H4NXe/c7-5-3-1-2-4-6-5/h1-4H. The van der Waals surface area contributed by atoms with Crippen molar-refractivity contribution in [1.82, 2.24) is 4.98 Å². The van der Waals surface area contributed by atoms with Crippen LogP contribution in [0.1, 0.15) is 0 Å². The van der Waals surface area contributed by atoms with Crippen LogP contribution in [0.2, 0.25) is 0 Å². The average Bonchev–Trinajstić information content (AvgIpc) is 1.69. The number of rotatable bonds is 0. The second-order valence-corrected chi connectivity index (χ2v) is 2.17. The summed E-state index contributed by atoms with van der Waals surface area (Å²) < 4.78 is 1.00. The Labute approximate surface area is 74.8 Å². The molecular weight excluding hydrogens is 205 g/mol. The van der Waals surface area contributed by atoms with E-state index in [2.05, 4.69) is 51.5 Å². The van der Waals surface area contributed by atoms with Crippen LogP contribution in [-0.4, -0.2) is 4.98 Å². The predicted molar refractivity (Wildman–Crippen MR) is 23.9 cm³/mol. The van der Waals surface area contributed by atoms with Crippen molar-refractivity contribution in [1.29, 1.82) is 0 Å². The first-order chi connectivity index (χ1) is 3.39. The molecule has 7 heavy (non-hydrogen) atoms. The van der Waals surface area contributed by atoms with Gasteiger partial charge in [0.05, 0.1) is 0 Å². The van der Waals surface area contributed by atoms with E-state index in [-0.39, 0.29) is 0 Å². The zero-order valence-corrected chi connectivity index (χ0v) is 5.63. The molecule has 0 unspecified atom stereocenters. The summed E-state index contributed by atoms with van der Waals surface area (Å²) in [5.41, 5.74) is 0.